The van der Waals surface area contributed by atoms with Crippen LogP contribution in [0.1, 0.15) is 20.8 Å². The van der Waals surface area contributed by atoms with E-state index in [-0.39, 0.29) is 0 Å². The fourth-order valence-corrected chi connectivity index (χ4v) is 0.276. The first-order chi connectivity index (χ1) is 4.84. The monoisotopic (exact) mass is 159 g/mol. The Kier molecular flexibility index (Phi) is 3.00. The lowest BCUT2D eigenvalue weighted by Crippen LogP contribution is -2.33. The quantitative estimate of drug-likeness (QED) is 0.385. The van der Waals surface area contributed by atoms with Gasteiger partial charge in [-0.05, 0) is 20.8 Å². The second-order valence-electron chi connectivity index (χ2n) is 2.73. The summed E-state index contributed by atoms with van der Waals surface area (Å²) in [5, 5.41) is 12.8. The topological polar surface area (TPSA) is 87.7 Å². The highest BCUT2D eigenvalue weighted by Gasteiger charge is 2.16. The number of hydrazone groups is 1. The highest BCUT2D eigenvalue weighted by atomic mass is 16.3. The standard InChI is InChI=1S/C6H13N3O2/c1-4(6(2,3)11)8-9-5(7)10/h11H,1-3H3,(H3,7,9,10)/b8-4+. The lowest BCUT2D eigenvalue weighted by Gasteiger charge is -2.15. The number of nitrogens with two attached hydrogens (primary N) is 1. The normalized spacial score (nSPS) is 12.9. The second-order valence-corrected chi connectivity index (χ2v) is 2.73. The molecule has 5 nitrogen and oxygen atoms in total. The molecule has 0 fully saturated rings. The van der Waals surface area contributed by atoms with Crippen molar-refractivity contribution >= 4 is 11.7 Å². The van der Waals surface area contributed by atoms with Crippen molar-refractivity contribution in [1.29, 1.82) is 0 Å². The van der Waals surface area contributed by atoms with Crippen LogP contribution in [-0.4, -0.2) is 22.5 Å². The lowest BCUT2D eigenvalue weighted by molar-refractivity contribution is 0.152. The van der Waals surface area contributed by atoms with Crippen LogP contribution >= 0.6 is 0 Å². The lowest BCUT2D eigenvalue weighted by atomic mass is 10.1. The molecular formula is C6H13N3O2. The van der Waals surface area contributed by atoms with Crippen LogP contribution in [0, 0.1) is 0 Å². The number of hydrogen-bond acceptors (Lipinski definition) is 3. The van der Waals surface area contributed by atoms with Gasteiger partial charge in [0, 0.05) is 0 Å². The van der Waals surface area contributed by atoms with Gasteiger partial charge in [0.25, 0.3) is 0 Å². The Bertz CT molecular complexity index is 181. The number of carbonyl (C=O) groups excluding carboxylic acids is 1. The number of carbonyl (C=O) groups is 1. The highest BCUT2D eigenvalue weighted by Crippen LogP contribution is 2.02. The van der Waals surface area contributed by atoms with Gasteiger partial charge in [0.05, 0.1) is 11.3 Å². The smallest absolute Gasteiger partial charge is 0.332 e. The van der Waals surface area contributed by atoms with Gasteiger partial charge in [0.15, 0.2) is 0 Å². The van der Waals surface area contributed by atoms with Crippen LogP contribution in [0.15, 0.2) is 5.10 Å². The zero-order valence-electron chi connectivity index (χ0n) is 6.88. The van der Waals surface area contributed by atoms with Gasteiger partial charge in [-0.3, -0.25) is 0 Å². The van der Waals surface area contributed by atoms with Gasteiger partial charge in [-0.2, -0.15) is 5.10 Å². The van der Waals surface area contributed by atoms with E-state index in [4.69, 9.17) is 5.73 Å². The predicted molar refractivity (Wildman–Crippen MR) is 42.1 cm³/mol. The van der Waals surface area contributed by atoms with Crippen molar-refractivity contribution in [2.24, 2.45) is 10.8 Å². The third kappa shape index (κ3) is 4.32. The summed E-state index contributed by atoms with van der Waals surface area (Å²) in [6.07, 6.45) is 0. The van der Waals surface area contributed by atoms with Crippen LogP contribution in [0.2, 0.25) is 0 Å². The molecule has 11 heavy (non-hydrogen) atoms. The molecule has 64 valence electrons. The summed E-state index contributed by atoms with van der Waals surface area (Å²) < 4.78 is 0. The molecule has 0 aliphatic rings. The Hall–Kier alpha value is -1.10. The van der Waals surface area contributed by atoms with Gasteiger partial charge in [-0.25, -0.2) is 10.2 Å². The minimum Gasteiger partial charge on any atom is -0.384 e. The van der Waals surface area contributed by atoms with Crippen molar-refractivity contribution in [3.05, 3.63) is 0 Å². The number of hydrogen-bond donors (Lipinski definition) is 3. The van der Waals surface area contributed by atoms with Gasteiger partial charge in [-0.1, -0.05) is 0 Å². The van der Waals surface area contributed by atoms with E-state index in [0.717, 1.165) is 0 Å². The van der Waals surface area contributed by atoms with Gasteiger partial charge in [0.2, 0.25) is 0 Å². The third-order valence-corrected chi connectivity index (χ3v) is 1.22. The first kappa shape index (κ1) is 9.90. The van der Waals surface area contributed by atoms with E-state index in [2.05, 4.69) is 5.10 Å². The maximum atomic E-state index is 10.2. The molecule has 0 saturated carbocycles. The SMILES string of the molecule is C/C(=N\NC(N)=O)C(C)(C)O. The summed E-state index contributed by atoms with van der Waals surface area (Å²) in [4.78, 5) is 10.2. The number of rotatable bonds is 2. The first-order valence-electron chi connectivity index (χ1n) is 3.16. The summed E-state index contributed by atoms with van der Waals surface area (Å²) in [6.45, 7) is 4.72. The van der Waals surface area contributed by atoms with Crippen molar-refractivity contribution in [1.82, 2.24) is 5.43 Å². The molecule has 0 spiro atoms. The summed E-state index contributed by atoms with van der Waals surface area (Å²) in [5.74, 6) is 0. The van der Waals surface area contributed by atoms with E-state index in [1.807, 2.05) is 5.43 Å². The first-order valence-corrected chi connectivity index (χ1v) is 3.16. The zero-order chi connectivity index (χ0) is 9.07. The molecule has 0 atom stereocenters. The van der Waals surface area contributed by atoms with E-state index in [1.165, 1.54) is 0 Å². The number of nitrogens with zero attached hydrogens (tertiary/aromatic N) is 1. The summed E-state index contributed by atoms with van der Waals surface area (Å²) in [7, 11) is 0. The van der Waals surface area contributed by atoms with Crippen molar-refractivity contribution in [3.63, 3.8) is 0 Å². The van der Waals surface area contributed by atoms with E-state index >= 15 is 0 Å². The molecule has 5 heteroatoms. The molecule has 0 aromatic carbocycles. The predicted octanol–water partition coefficient (Wildman–Crippen LogP) is -0.199. The number of aliphatic hydroxyl groups is 1. The van der Waals surface area contributed by atoms with Crippen LogP contribution in [0.3, 0.4) is 0 Å². The van der Waals surface area contributed by atoms with Gasteiger partial charge < -0.3 is 10.8 Å². The molecule has 0 aromatic heterocycles. The van der Waals surface area contributed by atoms with Gasteiger partial charge in [-0.15, -0.1) is 0 Å². The van der Waals surface area contributed by atoms with Crippen LogP contribution in [0.5, 0.6) is 0 Å². The number of primary amides is 1. The molecule has 0 aliphatic heterocycles. The van der Waals surface area contributed by atoms with Crippen LogP contribution < -0.4 is 11.2 Å². The average Bonchev–Trinajstić information content (AvgIpc) is 1.80. The van der Waals surface area contributed by atoms with Crippen molar-refractivity contribution in [3.8, 4) is 0 Å². The number of amides is 2. The average molecular weight is 159 g/mol. The molecule has 0 aliphatic carbocycles. The Morgan fingerprint density at radius 3 is 2.36 bits per heavy atom. The molecular weight excluding hydrogens is 146 g/mol. The van der Waals surface area contributed by atoms with Crippen LogP contribution in [-0.2, 0) is 0 Å². The molecule has 0 heterocycles. The Balaban J connectivity index is 4.12. The number of nitrogens with one attached hydrogen (secondary N) is 1. The third-order valence-electron chi connectivity index (χ3n) is 1.22. The highest BCUT2D eigenvalue weighted by molar-refractivity contribution is 5.90. The van der Waals surface area contributed by atoms with Gasteiger partial charge >= 0.3 is 6.03 Å². The van der Waals surface area contributed by atoms with Crippen molar-refractivity contribution in [2.45, 2.75) is 26.4 Å². The zero-order valence-corrected chi connectivity index (χ0v) is 6.88. The molecule has 0 rings (SSSR count). The van der Waals surface area contributed by atoms with E-state index < -0.39 is 11.6 Å². The molecule has 0 saturated heterocycles. The largest absolute Gasteiger partial charge is 0.384 e. The minimum absolute atomic E-state index is 0.399. The molecule has 0 aromatic rings. The van der Waals surface area contributed by atoms with Gasteiger partial charge in [0.1, 0.15) is 0 Å². The molecule has 0 bridgehead atoms. The Labute approximate surface area is 65.3 Å². The summed E-state index contributed by atoms with van der Waals surface area (Å²) in [6, 6.07) is -0.742. The molecule has 0 radical (unpaired) electrons. The Morgan fingerprint density at radius 2 is 2.09 bits per heavy atom. The van der Waals surface area contributed by atoms with Crippen LogP contribution in [0.25, 0.3) is 0 Å². The minimum atomic E-state index is -1.03. The fourth-order valence-electron chi connectivity index (χ4n) is 0.276. The molecule has 0 unspecified atom stereocenters. The molecule has 4 N–H and O–H groups in total. The van der Waals surface area contributed by atoms with E-state index in [9.17, 15) is 9.90 Å². The fraction of sp³-hybridized carbons (Fsp3) is 0.667. The van der Waals surface area contributed by atoms with E-state index in [1.54, 1.807) is 20.8 Å². The van der Waals surface area contributed by atoms with Crippen molar-refractivity contribution in [2.75, 3.05) is 0 Å². The maximum absolute atomic E-state index is 10.2. The van der Waals surface area contributed by atoms with Crippen LogP contribution in [0.4, 0.5) is 4.79 Å². The maximum Gasteiger partial charge on any atom is 0.332 e. The second kappa shape index (κ2) is 3.34. The van der Waals surface area contributed by atoms with E-state index in [0.29, 0.717) is 5.71 Å². The van der Waals surface area contributed by atoms with Crippen molar-refractivity contribution < 1.29 is 9.90 Å². The summed E-state index contributed by atoms with van der Waals surface area (Å²) >= 11 is 0. The Morgan fingerprint density at radius 1 is 1.64 bits per heavy atom. The number of urea groups is 1. The summed E-state index contributed by atoms with van der Waals surface area (Å²) in [5.41, 5.74) is 6.14. The molecule has 2 amide bonds.